The Morgan fingerprint density at radius 2 is 2.00 bits per heavy atom. The van der Waals surface area contributed by atoms with Crippen LogP contribution in [0.15, 0.2) is 30.3 Å². The Morgan fingerprint density at radius 3 is 2.57 bits per heavy atom. The van der Waals surface area contributed by atoms with Gasteiger partial charge in [0.1, 0.15) is 5.75 Å². The molecular formula is C9H9NaOS3. The molecular weight excluding hydrogens is 243 g/mol. The fourth-order valence-electron chi connectivity index (χ4n) is 0.801. The molecule has 1 nitrogen and oxygen atoms in total. The van der Waals surface area contributed by atoms with Crippen molar-refractivity contribution in [2.24, 2.45) is 0 Å². The first-order valence-corrected chi connectivity index (χ1v) is 5.61. The fraction of sp³-hybridized carbons (Fsp3) is 0.222. The van der Waals surface area contributed by atoms with Gasteiger partial charge in [0.25, 0.3) is 0 Å². The van der Waals surface area contributed by atoms with E-state index in [1.54, 1.807) is 0 Å². The van der Waals surface area contributed by atoms with Gasteiger partial charge in [0, 0.05) is 5.75 Å². The summed E-state index contributed by atoms with van der Waals surface area (Å²) in [5.74, 6) is 1.70. The summed E-state index contributed by atoms with van der Waals surface area (Å²) >= 11 is 11.0. The Bertz CT molecular complexity index is 266. The van der Waals surface area contributed by atoms with Crippen LogP contribution in [0.1, 0.15) is 0 Å². The molecule has 70 valence electrons. The molecule has 0 atom stereocenters. The Morgan fingerprint density at radius 1 is 1.36 bits per heavy atom. The van der Waals surface area contributed by atoms with Crippen LogP contribution in [0, 0.1) is 0 Å². The van der Waals surface area contributed by atoms with Crippen molar-refractivity contribution in [3.63, 3.8) is 0 Å². The molecule has 5 heteroatoms. The second-order valence-electron chi connectivity index (χ2n) is 2.26. The maximum atomic E-state index is 5.43. The Labute approximate surface area is 122 Å². The zero-order chi connectivity index (χ0) is 9.52. The minimum Gasteiger partial charge on any atom is -0.493 e. The van der Waals surface area contributed by atoms with Gasteiger partial charge >= 0.3 is 29.6 Å². The standard InChI is InChI=1S/C9H10OS3.Na/c11-9(12)13-7-6-10-8-4-2-1-3-5-8;/h1-5H,6-7H2,(H,11,12);/q;+1/p-1. The van der Waals surface area contributed by atoms with Crippen LogP contribution in [0.25, 0.3) is 0 Å². The summed E-state index contributed by atoms with van der Waals surface area (Å²) in [7, 11) is 0. The molecule has 0 fully saturated rings. The van der Waals surface area contributed by atoms with Crippen molar-refractivity contribution >= 4 is 40.1 Å². The van der Waals surface area contributed by atoms with Crippen LogP contribution in [0.2, 0.25) is 0 Å². The predicted molar refractivity (Wildman–Crippen MR) is 64.4 cm³/mol. The second kappa shape index (κ2) is 8.95. The van der Waals surface area contributed by atoms with Crippen LogP contribution in [0.3, 0.4) is 0 Å². The van der Waals surface area contributed by atoms with E-state index in [4.69, 9.17) is 29.6 Å². The average Bonchev–Trinajstić information content (AvgIpc) is 2.14. The number of para-hydroxylation sites is 1. The molecule has 0 radical (unpaired) electrons. The van der Waals surface area contributed by atoms with E-state index in [0.717, 1.165) is 11.5 Å². The summed E-state index contributed by atoms with van der Waals surface area (Å²) in [6.45, 7) is 0.644. The summed E-state index contributed by atoms with van der Waals surface area (Å²) in [6, 6.07) is 9.70. The molecule has 0 aliphatic heterocycles. The largest absolute Gasteiger partial charge is 1.00 e. The summed E-state index contributed by atoms with van der Waals surface area (Å²) in [5, 5.41) is 0. The van der Waals surface area contributed by atoms with Gasteiger partial charge in [0.05, 0.1) is 6.61 Å². The monoisotopic (exact) mass is 252 g/mol. The van der Waals surface area contributed by atoms with Crippen molar-refractivity contribution in [3.05, 3.63) is 30.3 Å². The molecule has 1 aromatic rings. The molecule has 0 aliphatic rings. The van der Waals surface area contributed by atoms with Crippen LogP contribution in [-0.2, 0) is 12.6 Å². The van der Waals surface area contributed by atoms with E-state index in [1.807, 2.05) is 30.3 Å². The molecule has 1 aromatic carbocycles. The zero-order valence-corrected chi connectivity index (χ0v) is 12.4. The van der Waals surface area contributed by atoms with Crippen LogP contribution >= 0.6 is 24.0 Å². The molecule has 0 spiro atoms. The van der Waals surface area contributed by atoms with Crippen molar-refractivity contribution in [1.29, 1.82) is 0 Å². The minimum atomic E-state index is 0. The Hall–Kier alpha value is 0.680. The van der Waals surface area contributed by atoms with Crippen molar-refractivity contribution in [1.82, 2.24) is 0 Å². The molecule has 1 rings (SSSR count). The van der Waals surface area contributed by atoms with Crippen LogP contribution in [0.4, 0.5) is 0 Å². The summed E-state index contributed by atoms with van der Waals surface area (Å²) < 4.78 is 5.98. The van der Waals surface area contributed by atoms with E-state index in [2.05, 4.69) is 0 Å². The number of benzene rings is 1. The minimum absolute atomic E-state index is 0. The molecule has 0 aliphatic carbocycles. The van der Waals surface area contributed by atoms with Crippen molar-refractivity contribution in [2.75, 3.05) is 12.4 Å². The van der Waals surface area contributed by atoms with Crippen molar-refractivity contribution in [2.45, 2.75) is 0 Å². The number of thiocarbonyl (C=S) groups is 1. The number of ether oxygens (including phenoxy) is 1. The van der Waals surface area contributed by atoms with Gasteiger partial charge in [-0.3, -0.25) is 0 Å². The summed E-state index contributed by atoms with van der Waals surface area (Å²) in [6.07, 6.45) is 0. The SMILES string of the molecule is S=C([S-])SCCOc1ccccc1.[Na+]. The topological polar surface area (TPSA) is 9.23 Å². The zero-order valence-electron chi connectivity index (χ0n) is 7.93. The third-order valence-corrected chi connectivity index (χ3v) is 2.63. The van der Waals surface area contributed by atoms with E-state index in [9.17, 15) is 0 Å². The van der Waals surface area contributed by atoms with Crippen LogP contribution in [0.5, 0.6) is 5.75 Å². The van der Waals surface area contributed by atoms with Crippen LogP contribution < -0.4 is 34.3 Å². The molecule has 0 N–H and O–H groups in total. The van der Waals surface area contributed by atoms with Gasteiger partial charge in [-0.05, 0) is 12.1 Å². The fourth-order valence-corrected chi connectivity index (χ4v) is 1.63. The number of thioether (sulfide) groups is 1. The van der Waals surface area contributed by atoms with Gasteiger partial charge in [-0.1, -0.05) is 21.7 Å². The maximum absolute atomic E-state index is 5.43. The Kier molecular flexibility index (Phi) is 9.38. The van der Waals surface area contributed by atoms with Gasteiger partial charge in [-0.2, -0.15) is 0 Å². The molecule has 0 saturated heterocycles. The van der Waals surface area contributed by atoms with Crippen molar-refractivity contribution < 1.29 is 34.3 Å². The van der Waals surface area contributed by atoms with Gasteiger partial charge in [0.15, 0.2) is 0 Å². The number of hydrogen-bond acceptors (Lipinski definition) is 4. The van der Waals surface area contributed by atoms with Crippen LogP contribution in [-0.4, -0.2) is 15.9 Å². The summed E-state index contributed by atoms with van der Waals surface area (Å²) in [5.41, 5.74) is 0. The van der Waals surface area contributed by atoms with E-state index >= 15 is 0 Å². The molecule has 0 amide bonds. The first kappa shape index (κ1) is 14.7. The quantitative estimate of drug-likeness (QED) is 0.313. The molecule has 0 saturated carbocycles. The first-order valence-electron chi connectivity index (χ1n) is 3.80. The van der Waals surface area contributed by atoms with E-state index in [0.29, 0.717) is 10.1 Å². The van der Waals surface area contributed by atoms with Gasteiger partial charge in [0.2, 0.25) is 0 Å². The van der Waals surface area contributed by atoms with Gasteiger partial charge in [-0.25, -0.2) is 0 Å². The Balaban J connectivity index is 0.00000169. The van der Waals surface area contributed by atoms with Gasteiger partial charge in [-0.15, -0.1) is 11.8 Å². The molecule has 0 aromatic heterocycles. The van der Waals surface area contributed by atoms with E-state index < -0.39 is 0 Å². The number of rotatable bonds is 4. The first-order chi connectivity index (χ1) is 6.29. The molecule has 0 bridgehead atoms. The average molecular weight is 252 g/mol. The third-order valence-electron chi connectivity index (χ3n) is 1.32. The van der Waals surface area contributed by atoms with Crippen molar-refractivity contribution in [3.8, 4) is 5.75 Å². The maximum Gasteiger partial charge on any atom is 1.00 e. The number of hydrogen-bond donors (Lipinski definition) is 0. The normalized spacial score (nSPS) is 8.86. The summed E-state index contributed by atoms with van der Waals surface area (Å²) in [4.78, 5) is 0. The molecule has 0 heterocycles. The van der Waals surface area contributed by atoms with E-state index in [-0.39, 0.29) is 29.6 Å². The van der Waals surface area contributed by atoms with Gasteiger partial charge < -0.3 is 29.6 Å². The molecule has 0 unspecified atom stereocenters. The predicted octanol–water partition coefficient (Wildman–Crippen LogP) is -0.366. The van der Waals surface area contributed by atoms with E-state index in [1.165, 1.54) is 11.8 Å². The third kappa shape index (κ3) is 7.04. The second-order valence-corrected chi connectivity index (χ2v) is 4.96. The molecule has 14 heavy (non-hydrogen) atoms. The smallest absolute Gasteiger partial charge is 0.493 e.